The van der Waals surface area contributed by atoms with Crippen LogP contribution in [-0.2, 0) is 11.2 Å². The minimum absolute atomic E-state index is 0.209. The summed E-state index contributed by atoms with van der Waals surface area (Å²) in [6.07, 6.45) is 3.18. The van der Waals surface area contributed by atoms with Gasteiger partial charge in [-0.3, -0.25) is 4.79 Å². The van der Waals surface area contributed by atoms with Gasteiger partial charge in [0.1, 0.15) is 5.82 Å². The molecule has 0 fully saturated rings. The predicted octanol–water partition coefficient (Wildman–Crippen LogP) is 4.05. The Bertz CT molecular complexity index is 710. The zero-order valence-electron chi connectivity index (χ0n) is 12.1. The molecule has 2 aromatic carbocycles. The molecule has 3 rings (SSSR count). The number of halogens is 1. The predicted molar refractivity (Wildman–Crippen MR) is 86.4 cm³/mol. The number of rotatable bonds is 4. The lowest BCUT2D eigenvalue weighted by Gasteiger charge is -2.16. The minimum atomic E-state index is -0.236. The van der Waals surface area contributed by atoms with Crippen LogP contribution in [0.2, 0.25) is 0 Å². The summed E-state index contributed by atoms with van der Waals surface area (Å²) in [6, 6.07) is 12.5. The Kier molecular flexibility index (Phi) is 3.92. The maximum Gasteiger partial charge on any atom is 0.247 e. The summed E-state index contributed by atoms with van der Waals surface area (Å²) in [4.78, 5) is 11.3. The van der Waals surface area contributed by atoms with Gasteiger partial charge in [-0.05, 0) is 66.4 Å². The van der Waals surface area contributed by atoms with E-state index in [4.69, 9.17) is 0 Å². The topological polar surface area (TPSA) is 41.1 Å². The standard InChI is InChI=1S/C18H17FN2O/c1-2-18(22)21-15-8-9-16-12(11-15)3-10-17(16)20-14-6-4-13(19)5-7-14/h2,4-9,11,17,20H,1,3,10H2,(H,21,22)/t17-/m1/s1. The highest BCUT2D eigenvalue weighted by atomic mass is 19.1. The number of anilines is 2. The number of benzene rings is 2. The van der Waals surface area contributed by atoms with Crippen LogP contribution in [0.15, 0.2) is 55.1 Å². The van der Waals surface area contributed by atoms with Gasteiger partial charge in [-0.1, -0.05) is 12.6 Å². The van der Waals surface area contributed by atoms with E-state index in [1.54, 1.807) is 12.1 Å². The molecular formula is C18H17FN2O. The number of hydrogen-bond acceptors (Lipinski definition) is 2. The van der Waals surface area contributed by atoms with Crippen molar-refractivity contribution in [1.82, 2.24) is 0 Å². The highest BCUT2D eigenvalue weighted by molar-refractivity contribution is 5.98. The molecular weight excluding hydrogens is 279 g/mol. The first-order valence-electron chi connectivity index (χ1n) is 7.24. The van der Waals surface area contributed by atoms with Crippen LogP contribution in [0.3, 0.4) is 0 Å². The SMILES string of the molecule is C=CC(=O)Nc1ccc2c(c1)CC[C@H]2Nc1ccc(F)cc1. The van der Waals surface area contributed by atoms with Crippen molar-refractivity contribution in [3.05, 3.63) is 72.1 Å². The van der Waals surface area contributed by atoms with Crippen molar-refractivity contribution in [3.8, 4) is 0 Å². The molecule has 0 radical (unpaired) electrons. The van der Waals surface area contributed by atoms with Crippen LogP contribution in [0.4, 0.5) is 15.8 Å². The maximum absolute atomic E-state index is 12.9. The van der Waals surface area contributed by atoms with Gasteiger partial charge in [-0.2, -0.15) is 0 Å². The molecule has 1 aliphatic carbocycles. The van der Waals surface area contributed by atoms with Gasteiger partial charge in [-0.25, -0.2) is 4.39 Å². The fourth-order valence-electron chi connectivity index (χ4n) is 2.79. The van der Waals surface area contributed by atoms with Crippen molar-refractivity contribution >= 4 is 17.3 Å². The largest absolute Gasteiger partial charge is 0.378 e. The van der Waals surface area contributed by atoms with Gasteiger partial charge in [0.25, 0.3) is 0 Å². The Morgan fingerprint density at radius 2 is 1.91 bits per heavy atom. The molecule has 0 spiro atoms. The first kappa shape index (κ1) is 14.3. The van der Waals surface area contributed by atoms with Crippen molar-refractivity contribution in [2.45, 2.75) is 18.9 Å². The van der Waals surface area contributed by atoms with Crippen LogP contribution in [0.25, 0.3) is 0 Å². The van der Waals surface area contributed by atoms with Crippen molar-refractivity contribution < 1.29 is 9.18 Å². The van der Waals surface area contributed by atoms with Crippen molar-refractivity contribution in [2.24, 2.45) is 0 Å². The average molecular weight is 296 g/mol. The van der Waals surface area contributed by atoms with E-state index in [2.05, 4.69) is 17.2 Å². The lowest BCUT2D eigenvalue weighted by Crippen LogP contribution is -2.09. The van der Waals surface area contributed by atoms with Crippen molar-refractivity contribution in [1.29, 1.82) is 0 Å². The maximum atomic E-state index is 12.9. The van der Waals surface area contributed by atoms with E-state index in [0.717, 1.165) is 24.2 Å². The number of amides is 1. The van der Waals surface area contributed by atoms with E-state index in [1.807, 2.05) is 18.2 Å². The van der Waals surface area contributed by atoms with Crippen molar-refractivity contribution in [2.75, 3.05) is 10.6 Å². The van der Waals surface area contributed by atoms with Gasteiger partial charge in [0.05, 0.1) is 6.04 Å². The molecule has 0 aromatic heterocycles. The number of aryl methyl sites for hydroxylation is 1. The Labute approximate surface area is 128 Å². The summed E-state index contributed by atoms with van der Waals surface area (Å²) in [5, 5.41) is 6.20. The Hall–Kier alpha value is -2.62. The van der Waals surface area contributed by atoms with Gasteiger partial charge in [0, 0.05) is 11.4 Å². The molecule has 2 N–H and O–H groups in total. The summed E-state index contributed by atoms with van der Waals surface area (Å²) >= 11 is 0. The second kappa shape index (κ2) is 6.02. The molecule has 0 aliphatic heterocycles. The number of fused-ring (bicyclic) bond motifs is 1. The highest BCUT2D eigenvalue weighted by Gasteiger charge is 2.22. The van der Waals surface area contributed by atoms with Gasteiger partial charge in [-0.15, -0.1) is 0 Å². The quantitative estimate of drug-likeness (QED) is 0.836. The first-order chi connectivity index (χ1) is 10.7. The Balaban J connectivity index is 1.75. The van der Waals surface area contributed by atoms with Gasteiger partial charge < -0.3 is 10.6 Å². The van der Waals surface area contributed by atoms with Crippen LogP contribution in [0, 0.1) is 5.82 Å². The van der Waals surface area contributed by atoms with Gasteiger partial charge in [0.15, 0.2) is 0 Å². The molecule has 1 aliphatic rings. The number of nitrogens with one attached hydrogen (secondary N) is 2. The monoisotopic (exact) mass is 296 g/mol. The third kappa shape index (κ3) is 3.01. The van der Waals surface area contributed by atoms with E-state index in [1.165, 1.54) is 29.3 Å². The third-order valence-corrected chi connectivity index (χ3v) is 3.86. The van der Waals surface area contributed by atoms with E-state index >= 15 is 0 Å². The molecule has 0 unspecified atom stereocenters. The van der Waals surface area contributed by atoms with E-state index in [0.29, 0.717) is 0 Å². The Morgan fingerprint density at radius 3 is 2.64 bits per heavy atom. The summed E-state index contributed by atoms with van der Waals surface area (Å²) in [7, 11) is 0. The zero-order valence-corrected chi connectivity index (χ0v) is 12.1. The molecule has 1 amide bonds. The van der Waals surface area contributed by atoms with Crippen LogP contribution < -0.4 is 10.6 Å². The second-order valence-electron chi connectivity index (χ2n) is 5.35. The molecule has 0 heterocycles. The molecule has 2 aromatic rings. The molecule has 0 saturated carbocycles. The third-order valence-electron chi connectivity index (χ3n) is 3.86. The normalized spacial score (nSPS) is 16.0. The second-order valence-corrected chi connectivity index (χ2v) is 5.35. The Morgan fingerprint density at radius 1 is 1.18 bits per heavy atom. The zero-order chi connectivity index (χ0) is 15.5. The molecule has 3 nitrogen and oxygen atoms in total. The van der Waals surface area contributed by atoms with E-state index in [9.17, 15) is 9.18 Å². The molecule has 0 saturated heterocycles. The van der Waals surface area contributed by atoms with Gasteiger partial charge >= 0.3 is 0 Å². The molecule has 22 heavy (non-hydrogen) atoms. The molecule has 0 bridgehead atoms. The minimum Gasteiger partial charge on any atom is -0.378 e. The summed E-state index contributed by atoms with van der Waals surface area (Å²) in [5.41, 5.74) is 4.14. The van der Waals surface area contributed by atoms with Crippen LogP contribution >= 0.6 is 0 Å². The lowest BCUT2D eigenvalue weighted by molar-refractivity contribution is -0.111. The van der Waals surface area contributed by atoms with Crippen molar-refractivity contribution in [3.63, 3.8) is 0 Å². The van der Waals surface area contributed by atoms with E-state index < -0.39 is 0 Å². The number of carbonyl (C=O) groups is 1. The summed E-state index contributed by atoms with van der Waals surface area (Å²) < 4.78 is 12.9. The summed E-state index contributed by atoms with van der Waals surface area (Å²) in [5.74, 6) is -0.445. The lowest BCUT2D eigenvalue weighted by atomic mass is 10.1. The average Bonchev–Trinajstić information content (AvgIpc) is 2.92. The molecule has 4 heteroatoms. The van der Waals surface area contributed by atoms with Crippen LogP contribution in [-0.4, -0.2) is 5.91 Å². The smallest absolute Gasteiger partial charge is 0.247 e. The highest BCUT2D eigenvalue weighted by Crippen LogP contribution is 2.35. The number of carbonyl (C=O) groups excluding carboxylic acids is 1. The van der Waals surface area contributed by atoms with E-state index in [-0.39, 0.29) is 17.8 Å². The number of hydrogen-bond donors (Lipinski definition) is 2. The fourth-order valence-corrected chi connectivity index (χ4v) is 2.79. The fraction of sp³-hybridized carbons (Fsp3) is 0.167. The molecule has 112 valence electrons. The van der Waals surface area contributed by atoms with Gasteiger partial charge in [0.2, 0.25) is 5.91 Å². The first-order valence-corrected chi connectivity index (χ1v) is 7.24. The van der Waals surface area contributed by atoms with Crippen LogP contribution in [0.1, 0.15) is 23.6 Å². The molecule has 1 atom stereocenters. The van der Waals surface area contributed by atoms with Crippen LogP contribution in [0.5, 0.6) is 0 Å². The summed E-state index contributed by atoms with van der Waals surface area (Å²) in [6.45, 7) is 3.45.